The van der Waals surface area contributed by atoms with E-state index >= 15 is 0 Å². The predicted octanol–water partition coefficient (Wildman–Crippen LogP) is 3.54. The summed E-state index contributed by atoms with van der Waals surface area (Å²) in [5, 5.41) is 3.34. The lowest BCUT2D eigenvalue weighted by molar-refractivity contribution is 0.146. The summed E-state index contributed by atoms with van der Waals surface area (Å²) >= 11 is 0. The van der Waals surface area contributed by atoms with E-state index < -0.39 is 5.67 Å². The van der Waals surface area contributed by atoms with E-state index in [4.69, 9.17) is 0 Å². The molecule has 3 heteroatoms. The zero-order chi connectivity index (χ0) is 12.3. The molecule has 0 saturated carbocycles. The van der Waals surface area contributed by atoms with Crippen molar-refractivity contribution in [2.75, 3.05) is 6.54 Å². The number of halogens is 2. The van der Waals surface area contributed by atoms with Crippen LogP contribution in [0.2, 0.25) is 0 Å². The fourth-order valence-electron chi connectivity index (χ4n) is 2.48. The van der Waals surface area contributed by atoms with Gasteiger partial charge in [-0.3, -0.25) is 0 Å². The van der Waals surface area contributed by atoms with Gasteiger partial charge in [-0.25, -0.2) is 8.78 Å². The third kappa shape index (κ3) is 3.25. The first kappa shape index (κ1) is 12.5. The summed E-state index contributed by atoms with van der Waals surface area (Å²) in [7, 11) is 0. The quantitative estimate of drug-likeness (QED) is 0.850. The van der Waals surface area contributed by atoms with E-state index in [1.807, 2.05) is 0 Å². The van der Waals surface area contributed by atoms with Gasteiger partial charge in [0.25, 0.3) is 0 Å². The van der Waals surface area contributed by atoms with E-state index in [0.29, 0.717) is 12.0 Å². The minimum atomic E-state index is -1.39. The topological polar surface area (TPSA) is 12.0 Å². The standard InChI is InChI=1S/C14H19F2N/c1-14(16,10-13-4-2-3-9-17-13)11-5-7-12(15)8-6-11/h5-8,13,17H,2-4,9-10H2,1H3. The van der Waals surface area contributed by atoms with Crippen LogP contribution in [0.5, 0.6) is 0 Å². The van der Waals surface area contributed by atoms with Crippen LogP contribution in [0, 0.1) is 5.82 Å². The summed E-state index contributed by atoms with van der Waals surface area (Å²) in [6.07, 6.45) is 3.83. The highest BCUT2D eigenvalue weighted by molar-refractivity contribution is 5.22. The molecule has 0 amide bonds. The van der Waals surface area contributed by atoms with E-state index in [2.05, 4.69) is 5.32 Å². The molecule has 1 nitrogen and oxygen atoms in total. The molecule has 1 saturated heterocycles. The summed E-state index contributed by atoms with van der Waals surface area (Å²) in [6, 6.07) is 5.96. The van der Waals surface area contributed by atoms with Gasteiger partial charge in [-0.15, -0.1) is 0 Å². The fourth-order valence-corrected chi connectivity index (χ4v) is 2.48. The summed E-state index contributed by atoms with van der Waals surface area (Å²) < 4.78 is 27.4. The van der Waals surface area contributed by atoms with E-state index in [-0.39, 0.29) is 11.9 Å². The summed E-state index contributed by atoms with van der Waals surface area (Å²) in [5.41, 5.74) is -0.825. The van der Waals surface area contributed by atoms with Crippen LogP contribution in [0.3, 0.4) is 0 Å². The fraction of sp³-hybridized carbons (Fsp3) is 0.571. The van der Waals surface area contributed by atoms with Gasteiger partial charge in [-0.2, -0.15) is 0 Å². The van der Waals surface area contributed by atoms with Crippen molar-refractivity contribution in [3.63, 3.8) is 0 Å². The molecule has 1 aliphatic heterocycles. The molecule has 2 atom stereocenters. The lowest BCUT2D eigenvalue weighted by atomic mass is 9.88. The Balaban J connectivity index is 2.04. The number of alkyl halides is 1. The van der Waals surface area contributed by atoms with Gasteiger partial charge in [-0.05, 0) is 44.0 Å². The van der Waals surface area contributed by atoms with Crippen LogP contribution < -0.4 is 5.32 Å². The minimum absolute atomic E-state index is 0.240. The van der Waals surface area contributed by atoms with Crippen molar-refractivity contribution < 1.29 is 8.78 Å². The van der Waals surface area contributed by atoms with Crippen molar-refractivity contribution >= 4 is 0 Å². The number of nitrogens with one attached hydrogen (secondary N) is 1. The summed E-state index contributed by atoms with van der Waals surface area (Å²) in [6.45, 7) is 2.56. The number of piperidine rings is 1. The number of rotatable bonds is 3. The van der Waals surface area contributed by atoms with Crippen molar-refractivity contribution in [1.82, 2.24) is 5.32 Å². The van der Waals surface area contributed by atoms with Gasteiger partial charge < -0.3 is 5.32 Å². The molecule has 0 aromatic heterocycles. The van der Waals surface area contributed by atoms with Crippen LogP contribution in [0.15, 0.2) is 24.3 Å². The Kier molecular flexibility index (Phi) is 3.77. The second kappa shape index (κ2) is 5.13. The molecular formula is C14H19F2N. The summed E-state index contributed by atoms with van der Waals surface area (Å²) in [4.78, 5) is 0. The average molecular weight is 239 g/mol. The van der Waals surface area contributed by atoms with Gasteiger partial charge in [0.05, 0.1) is 0 Å². The minimum Gasteiger partial charge on any atom is -0.314 e. The first-order chi connectivity index (χ1) is 8.08. The van der Waals surface area contributed by atoms with Crippen molar-refractivity contribution in [3.05, 3.63) is 35.6 Å². The maximum atomic E-state index is 14.6. The molecule has 0 radical (unpaired) electrons. The molecular weight excluding hydrogens is 220 g/mol. The highest BCUT2D eigenvalue weighted by Gasteiger charge is 2.30. The van der Waals surface area contributed by atoms with Gasteiger partial charge in [0.15, 0.2) is 0 Å². The average Bonchev–Trinajstić information content (AvgIpc) is 2.30. The van der Waals surface area contributed by atoms with E-state index in [9.17, 15) is 8.78 Å². The van der Waals surface area contributed by atoms with Gasteiger partial charge in [0, 0.05) is 12.5 Å². The van der Waals surface area contributed by atoms with E-state index in [1.165, 1.54) is 30.7 Å². The normalized spacial score (nSPS) is 24.3. The monoisotopic (exact) mass is 239 g/mol. The molecule has 1 N–H and O–H groups in total. The van der Waals surface area contributed by atoms with Gasteiger partial charge >= 0.3 is 0 Å². The molecule has 0 aliphatic carbocycles. The molecule has 1 aromatic carbocycles. The number of hydrogen-bond donors (Lipinski definition) is 1. The van der Waals surface area contributed by atoms with Crippen molar-refractivity contribution in [3.8, 4) is 0 Å². The highest BCUT2D eigenvalue weighted by atomic mass is 19.1. The van der Waals surface area contributed by atoms with Gasteiger partial charge in [0.1, 0.15) is 11.5 Å². The Labute approximate surface area is 101 Å². The zero-order valence-electron chi connectivity index (χ0n) is 10.2. The third-order valence-corrected chi connectivity index (χ3v) is 3.49. The second-order valence-electron chi connectivity index (χ2n) is 5.06. The van der Waals surface area contributed by atoms with E-state index in [0.717, 1.165) is 19.4 Å². The summed E-state index contributed by atoms with van der Waals surface area (Å²) in [5.74, 6) is -0.319. The third-order valence-electron chi connectivity index (χ3n) is 3.49. The van der Waals surface area contributed by atoms with Crippen molar-refractivity contribution in [2.24, 2.45) is 0 Å². The molecule has 1 aliphatic rings. The van der Waals surface area contributed by atoms with E-state index in [1.54, 1.807) is 6.92 Å². The Morgan fingerprint density at radius 3 is 2.59 bits per heavy atom. The van der Waals surface area contributed by atoms with Crippen LogP contribution >= 0.6 is 0 Å². The molecule has 0 spiro atoms. The smallest absolute Gasteiger partial charge is 0.134 e. The van der Waals surface area contributed by atoms with Crippen LogP contribution in [0.1, 0.15) is 38.2 Å². The molecule has 1 aromatic rings. The van der Waals surface area contributed by atoms with Crippen LogP contribution in [0.4, 0.5) is 8.78 Å². The second-order valence-corrected chi connectivity index (χ2v) is 5.06. The molecule has 1 fully saturated rings. The first-order valence-electron chi connectivity index (χ1n) is 6.26. The molecule has 94 valence electrons. The molecule has 2 rings (SSSR count). The molecule has 17 heavy (non-hydrogen) atoms. The van der Waals surface area contributed by atoms with Crippen molar-refractivity contribution in [1.29, 1.82) is 0 Å². The Bertz CT molecular complexity index is 353. The van der Waals surface area contributed by atoms with Crippen LogP contribution in [-0.2, 0) is 5.67 Å². The van der Waals surface area contributed by atoms with Crippen molar-refractivity contribution in [2.45, 2.75) is 44.3 Å². The maximum absolute atomic E-state index is 14.6. The highest BCUT2D eigenvalue weighted by Crippen LogP contribution is 2.32. The van der Waals surface area contributed by atoms with Gasteiger partial charge in [-0.1, -0.05) is 18.6 Å². The maximum Gasteiger partial charge on any atom is 0.134 e. The SMILES string of the molecule is CC(F)(CC1CCCCN1)c1ccc(F)cc1. The molecule has 0 bridgehead atoms. The van der Waals surface area contributed by atoms with Crippen LogP contribution in [0.25, 0.3) is 0 Å². The first-order valence-corrected chi connectivity index (χ1v) is 6.26. The lowest BCUT2D eigenvalue weighted by Crippen LogP contribution is -2.38. The predicted molar refractivity (Wildman–Crippen MR) is 65.1 cm³/mol. The largest absolute Gasteiger partial charge is 0.314 e. The Morgan fingerprint density at radius 2 is 2.00 bits per heavy atom. The molecule has 1 heterocycles. The lowest BCUT2D eigenvalue weighted by Gasteiger charge is -2.30. The number of benzene rings is 1. The Morgan fingerprint density at radius 1 is 1.29 bits per heavy atom. The molecule has 2 unspecified atom stereocenters. The Hall–Kier alpha value is -0.960. The van der Waals surface area contributed by atoms with Gasteiger partial charge in [0.2, 0.25) is 0 Å². The number of hydrogen-bond acceptors (Lipinski definition) is 1. The zero-order valence-corrected chi connectivity index (χ0v) is 10.2. The van der Waals surface area contributed by atoms with Crippen LogP contribution in [-0.4, -0.2) is 12.6 Å².